The van der Waals surface area contributed by atoms with Gasteiger partial charge >= 0.3 is 7.12 Å². The molecule has 0 atom stereocenters. The van der Waals surface area contributed by atoms with Crippen LogP contribution in [-0.4, -0.2) is 22.6 Å². The second-order valence-corrected chi connectivity index (χ2v) is 6.42. The Morgan fingerprint density at radius 1 is 1.00 bits per heavy atom. The van der Waals surface area contributed by atoms with Gasteiger partial charge in [0.25, 0.3) is 0 Å². The van der Waals surface area contributed by atoms with Crippen LogP contribution >= 0.6 is 0 Å². The minimum Gasteiger partial charge on any atom is -0.661 e. The number of benzene rings is 1. The maximum absolute atomic E-state index is 5.54. The van der Waals surface area contributed by atoms with Crippen LogP contribution in [-0.2, 0) is 54.8 Å². The van der Waals surface area contributed by atoms with E-state index in [1.807, 2.05) is 31.2 Å². The molecule has 0 spiro atoms. The van der Waals surface area contributed by atoms with Crippen molar-refractivity contribution >= 4 is 25.6 Å². The first-order valence-corrected chi connectivity index (χ1v) is 7.19. The van der Waals surface area contributed by atoms with Gasteiger partial charge in [-0.2, -0.15) is 0 Å². The summed E-state index contributed by atoms with van der Waals surface area (Å²) in [6.45, 7) is 10.1. The summed E-state index contributed by atoms with van der Waals surface area (Å²) in [6, 6.07) is 10.1. The monoisotopic (exact) mass is 379 g/mol. The molecule has 0 saturated carbocycles. The second kappa shape index (κ2) is 7.18. The van der Waals surface area contributed by atoms with E-state index in [4.69, 9.17) is 22.1 Å². The normalized spacial score (nSPS) is 21.0. The van der Waals surface area contributed by atoms with E-state index in [1.54, 1.807) is 4.31 Å². The van der Waals surface area contributed by atoms with Crippen molar-refractivity contribution in [3.8, 4) is 0 Å². The Labute approximate surface area is 159 Å². The fourth-order valence-electron chi connectivity index (χ4n) is 2.03. The molecule has 1 radical (unpaired) electrons. The number of rotatable bonds is 1. The van der Waals surface area contributed by atoms with Gasteiger partial charge in [-0.3, -0.25) is 0 Å². The van der Waals surface area contributed by atoms with Crippen LogP contribution in [0.3, 0.4) is 0 Å². The third kappa shape index (κ3) is 4.83. The zero-order valence-electron chi connectivity index (χ0n) is 13.3. The average molecular weight is 379 g/mol. The second-order valence-electron chi connectivity index (χ2n) is 6.03. The molecule has 3 nitrogen and oxygen atoms in total. The molecule has 0 aromatic heterocycles. The molecule has 111 valence electrons. The van der Waals surface area contributed by atoms with Crippen LogP contribution in [0.15, 0.2) is 36.5 Å². The zero-order valence-corrected chi connectivity index (χ0v) is 16.9. The molecule has 0 N–H and O–H groups in total. The first-order chi connectivity index (χ1) is 9.23. The Bertz CT molecular complexity index is 492. The third-order valence-corrected chi connectivity index (χ3v) is 4.15. The molecule has 2 heterocycles. The molecular weight excluding hydrogens is 358 g/mol. The zero-order chi connectivity index (χ0) is 15.0. The largest absolute Gasteiger partial charge is 0.661 e. The van der Waals surface area contributed by atoms with Gasteiger partial charge in [0.15, 0.2) is 0 Å². The predicted octanol–water partition coefficient (Wildman–Crippen LogP) is 3.47. The minimum atomic E-state index is -0.160. The number of hydrogen-bond donors (Lipinski definition) is 0. The van der Waals surface area contributed by atoms with E-state index in [9.17, 15) is 0 Å². The Balaban J connectivity index is 0.000000200. The van der Waals surface area contributed by atoms with Crippen molar-refractivity contribution in [2.24, 2.45) is 0 Å². The molecule has 21 heavy (non-hydrogen) atoms. The molecule has 1 fully saturated rings. The Kier molecular flexibility index (Phi) is 6.58. The summed E-state index contributed by atoms with van der Waals surface area (Å²) in [4.78, 5) is 0. The smallest absolute Gasteiger partial charge is 0.454 e. The van der Waals surface area contributed by atoms with Crippen LogP contribution in [0.2, 0.25) is 6.82 Å². The fourth-order valence-corrected chi connectivity index (χ4v) is 2.24. The van der Waals surface area contributed by atoms with Gasteiger partial charge in [-0.15, -0.1) is 0 Å². The maximum Gasteiger partial charge on any atom is 0.454 e. The number of hydrogen-bond acceptors (Lipinski definition) is 4. The molecule has 0 amide bonds. The molecular formula is C15H21BNO2SY-. The molecule has 1 saturated heterocycles. The minimum absolute atomic E-state index is 0. The van der Waals surface area contributed by atoms with Gasteiger partial charge in [0.2, 0.25) is 0 Å². The van der Waals surface area contributed by atoms with E-state index in [2.05, 4.69) is 39.8 Å². The van der Waals surface area contributed by atoms with Crippen LogP contribution in [0.25, 0.3) is 5.70 Å². The van der Waals surface area contributed by atoms with Crippen LogP contribution in [0, 0.1) is 0 Å². The van der Waals surface area contributed by atoms with E-state index in [0.29, 0.717) is 0 Å². The Morgan fingerprint density at radius 2 is 1.43 bits per heavy atom. The van der Waals surface area contributed by atoms with Crippen LogP contribution in [0.5, 0.6) is 0 Å². The standard InChI is InChI=1S/C8H6NS.C7H15BO2.Y/c10-9-6-8(9)7-4-2-1-3-5-7;1-6(2)7(3,4)10-8(5)9-6;/h1-6H;1-5H3;/q-1;;. The molecule has 1 aromatic carbocycles. The summed E-state index contributed by atoms with van der Waals surface area (Å²) in [5, 5.41) is 0. The van der Waals surface area contributed by atoms with E-state index in [-0.39, 0.29) is 51.0 Å². The van der Waals surface area contributed by atoms with Crippen LogP contribution in [0.1, 0.15) is 33.3 Å². The molecule has 1 aromatic rings. The molecule has 6 heteroatoms. The van der Waals surface area contributed by atoms with Crippen molar-refractivity contribution in [3.63, 3.8) is 0 Å². The van der Waals surface area contributed by atoms with Crippen molar-refractivity contribution in [3.05, 3.63) is 42.1 Å². The molecule has 0 bridgehead atoms. The van der Waals surface area contributed by atoms with E-state index in [1.165, 1.54) is 5.56 Å². The molecule has 2 aliphatic heterocycles. The van der Waals surface area contributed by atoms with Gasteiger partial charge in [-0.25, -0.2) is 0 Å². The summed E-state index contributed by atoms with van der Waals surface area (Å²) in [6.07, 6.45) is 1.94. The average Bonchev–Trinajstić information content (AvgIpc) is 3.02. The summed E-state index contributed by atoms with van der Waals surface area (Å²) in [5.41, 5.74) is 2.03. The molecule has 2 aliphatic rings. The summed E-state index contributed by atoms with van der Waals surface area (Å²) in [7, 11) is -0.0648. The summed E-state index contributed by atoms with van der Waals surface area (Å²) >= 11 is 4.88. The summed E-state index contributed by atoms with van der Waals surface area (Å²) in [5.74, 6) is 0. The Morgan fingerprint density at radius 3 is 1.71 bits per heavy atom. The van der Waals surface area contributed by atoms with Gasteiger partial charge < -0.3 is 26.4 Å². The van der Waals surface area contributed by atoms with Gasteiger partial charge in [-0.05, 0) is 40.1 Å². The quantitative estimate of drug-likeness (QED) is 0.550. The molecule has 0 unspecified atom stereocenters. The fraction of sp³-hybridized carbons (Fsp3) is 0.467. The van der Waals surface area contributed by atoms with Crippen molar-refractivity contribution < 1.29 is 42.0 Å². The molecule has 0 aliphatic carbocycles. The van der Waals surface area contributed by atoms with Crippen molar-refractivity contribution in [2.75, 3.05) is 0 Å². The Hall–Kier alpha value is 0.199. The third-order valence-electron chi connectivity index (χ3n) is 3.85. The molecule has 3 rings (SSSR count). The van der Waals surface area contributed by atoms with E-state index < -0.39 is 0 Å². The number of nitrogens with zero attached hydrogens (tertiary/aromatic N) is 1. The van der Waals surface area contributed by atoms with Crippen LogP contribution in [0.4, 0.5) is 0 Å². The SMILES string of the molecule is CB1OC(C)(C)C(C)(C)O1.[S-]N1C=C1c1ccccc1.[Y]. The van der Waals surface area contributed by atoms with Crippen molar-refractivity contribution in [1.82, 2.24) is 4.31 Å². The van der Waals surface area contributed by atoms with Crippen LogP contribution < -0.4 is 0 Å². The van der Waals surface area contributed by atoms with Gasteiger partial charge in [0.05, 0.1) is 11.2 Å². The predicted molar refractivity (Wildman–Crippen MR) is 85.6 cm³/mol. The van der Waals surface area contributed by atoms with Gasteiger partial charge in [0.1, 0.15) is 0 Å². The van der Waals surface area contributed by atoms with Crippen molar-refractivity contribution in [1.29, 1.82) is 0 Å². The van der Waals surface area contributed by atoms with Gasteiger partial charge in [0, 0.05) is 44.6 Å². The van der Waals surface area contributed by atoms with Gasteiger partial charge in [-0.1, -0.05) is 30.3 Å². The first-order valence-electron chi connectivity index (χ1n) is 6.82. The summed E-state index contributed by atoms with van der Waals surface area (Å²) < 4.78 is 12.8. The maximum atomic E-state index is 5.54. The first kappa shape index (κ1) is 19.2. The van der Waals surface area contributed by atoms with E-state index >= 15 is 0 Å². The topological polar surface area (TPSA) is 21.5 Å². The van der Waals surface area contributed by atoms with E-state index in [0.717, 1.165) is 5.70 Å². The van der Waals surface area contributed by atoms with Crippen molar-refractivity contribution in [2.45, 2.75) is 45.7 Å².